The predicted octanol–water partition coefficient (Wildman–Crippen LogP) is 27.5. The van der Waals surface area contributed by atoms with E-state index in [1.165, 1.54) is 308 Å². The molecule has 0 radical (unpaired) electrons. The Balaban J connectivity index is 5.23. The molecule has 6 atom stereocenters. The Labute approximate surface area is 664 Å². The number of aliphatic hydroxyl groups excluding tert-OH is 1. The molecule has 0 fully saturated rings. The van der Waals surface area contributed by atoms with Gasteiger partial charge in [0.2, 0.25) is 0 Å². The standard InChI is InChI=1S/C89H174O17P2/c1-6-10-13-16-19-22-25-28-30-31-32-33-37-40-44-48-53-58-63-68-73-87(92)100-79-85(106-89(94)75-70-65-60-55-50-45-41-38-35-34-36-39-42-46-51-56-61-66-71-82(5)9-4)81-104-108(97,98)102-77-83(90)76-101-107(95,96)103-80-84(78-99-86(91)72-67-62-57-52-47-27-24-21-18-15-12-8-3)105-88(93)74-69-64-59-54-49-43-29-26-23-20-17-14-11-7-2/h82-85,90H,6-81H2,1-5H3,(H,95,96)(H,97,98)/t82?,83-,84+,85+/m0/s1. The lowest BCUT2D eigenvalue weighted by Crippen LogP contribution is -2.30. The second-order valence-electron chi connectivity index (χ2n) is 32.2. The maximum Gasteiger partial charge on any atom is 0.472 e. The molecule has 19 heteroatoms. The zero-order chi connectivity index (χ0) is 79.0. The van der Waals surface area contributed by atoms with Crippen molar-refractivity contribution in [1.82, 2.24) is 0 Å². The summed E-state index contributed by atoms with van der Waals surface area (Å²) >= 11 is 0. The molecular formula is C89H174O17P2. The lowest BCUT2D eigenvalue weighted by atomic mass is 9.99. The normalized spacial score (nSPS) is 14.0. The number of hydrogen-bond acceptors (Lipinski definition) is 15. The third kappa shape index (κ3) is 80.7. The molecule has 0 aromatic rings. The summed E-state index contributed by atoms with van der Waals surface area (Å²) in [5, 5.41) is 10.7. The van der Waals surface area contributed by atoms with Gasteiger partial charge in [0.1, 0.15) is 19.3 Å². The highest BCUT2D eigenvalue weighted by Crippen LogP contribution is 2.45. The van der Waals surface area contributed by atoms with Crippen molar-refractivity contribution < 1.29 is 80.2 Å². The SMILES string of the molecule is CCCCCCCCCCCCCCCCCCCCCCC(=O)OC[C@H](COP(=O)(O)OC[C@@H](O)COP(=O)(O)OC[C@@H](COC(=O)CCCCCCCCCCCCCC)OC(=O)CCCCCCCCCCCCCCCC)OC(=O)CCCCCCCCCCCCCCCCCCCCC(C)CC. The minimum absolute atomic E-state index is 0.109. The maximum absolute atomic E-state index is 13.2. The Hall–Kier alpha value is -1.94. The van der Waals surface area contributed by atoms with E-state index in [0.29, 0.717) is 25.7 Å². The van der Waals surface area contributed by atoms with Crippen LogP contribution in [0.5, 0.6) is 0 Å². The van der Waals surface area contributed by atoms with Gasteiger partial charge < -0.3 is 33.8 Å². The van der Waals surface area contributed by atoms with Crippen molar-refractivity contribution in [3.05, 3.63) is 0 Å². The van der Waals surface area contributed by atoms with Crippen LogP contribution in [0.4, 0.5) is 0 Å². The first kappa shape index (κ1) is 106. The van der Waals surface area contributed by atoms with E-state index in [-0.39, 0.29) is 25.7 Å². The molecule has 0 heterocycles. The summed E-state index contributed by atoms with van der Waals surface area (Å²) in [5.74, 6) is -1.22. The molecule has 0 amide bonds. The van der Waals surface area contributed by atoms with Gasteiger partial charge in [0, 0.05) is 25.7 Å². The van der Waals surface area contributed by atoms with Gasteiger partial charge in [0.05, 0.1) is 26.4 Å². The van der Waals surface area contributed by atoms with Crippen LogP contribution in [0.25, 0.3) is 0 Å². The maximum atomic E-state index is 13.2. The number of rotatable bonds is 89. The van der Waals surface area contributed by atoms with Crippen LogP contribution in [0.1, 0.15) is 484 Å². The van der Waals surface area contributed by atoms with Gasteiger partial charge in [-0.05, 0) is 31.6 Å². The van der Waals surface area contributed by atoms with Crippen LogP contribution in [-0.2, 0) is 65.4 Å². The van der Waals surface area contributed by atoms with Crippen molar-refractivity contribution in [3.63, 3.8) is 0 Å². The fourth-order valence-electron chi connectivity index (χ4n) is 14.0. The molecule has 0 bridgehead atoms. The number of carbonyl (C=O) groups is 4. The zero-order valence-corrected chi connectivity index (χ0v) is 72.8. The van der Waals surface area contributed by atoms with Gasteiger partial charge >= 0.3 is 39.5 Å². The molecule has 0 aliphatic rings. The minimum atomic E-state index is -4.97. The average molecular weight is 1580 g/mol. The van der Waals surface area contributed by atoms with Crippen molar-refractivity contribution >= 4 is 39.5 Å². The second kappa shape index (κ2) is 81.6. The topological polar surface area (TPSA) is 237 Å². The van der Waals surface area contributed by atoms with E-state index in [1.807, 2.05) is 0 Å². The Kier molecular flexibility index (Phi) is 80.2. The fourth-order valence-corrected chi connectivity index (χ4v) is 15.5. The number of unbranched alkanes of at least 4 members (excludes halogenated alkanes) is 60. The van der Waals surface area contributed by atoms with E-state index in [9.17, 15) is 43.2 Å². The lowest BCUT2D eigenvalue weighted by Gasteiger charge is -2.21. The molecule has 0 rings (SSSR count). The summed E-state index contributed by atoms with van der Waals surface area (Å²) in [7, 11) is -9.93. The number of ether oxygens (including phenoxy) is 4. The van der Waals surface area contributed by atoms with Crippen LogP contribution in [0.3, 0.4) is 0 Å². The van der Waals surface area contributed by atoms with Gasteiger partial charge in [-0.2, -0.15) is 0 Å². The number of esters is 4. The van der Waals surface area contributed by atoms with Crippen LogP contribution >= 0.6 is 15.6 Å². The largest absolute Gasteiger partial charge is 0.472 e. The summed E-state index contributed by atoms with van der Waals surface area (Å²) in [5.41, 5.74) is 0. The van der Waals surface area contributed by atoms with Gasteiger partial charge in [0.15, 0.2) is 12.2 Å². The first-order valence-corrected chi connectivity index (χ1v) is 49.2. The molecule has 642 valence electrons. The molecule has 3 unspecified atom stereocenters. The molecule has 0 saturated carbocycles. The molecule has 108 heavy (non-hydrogen) atoms. The van der Waals surface area contributed by atoms with E-state index in [0.717, 1.165) is 95.8 Å². The van der Waals surface area contributed by atoms with E-state index >= 15 is 0 Å². The number of carbonyl (C=O) groups excluding carboxylic acids is 4. The van der Waals surface area contributed by atoms with Gasteiger partial charge in [0.25, 0.3) is 0 Å². The summed E-state index contributed by atoms with van der Waals surface area (Å²) < 4.78 is 69.0. The van der Waals surface area contributed by atoms with Crippen LogP contribution < -0.4 is 0 Å². The van der Waals surface area contributed by atoms with E-state index in [1.54, 1.807) is 0 Å². The summed E-state index contributed by atoms with van der Waals surface area (Å²) in [6.45, 7) is 7.45. The molecular weight excluding hydrogens is 1400 g/mol. The highest BCUT2D eigenvalue weighted by molar-refractivity contribution is 7.47. The molecule has 0 saturated heterocycles. The quantitative estimate of drug-likeness (QED) is 0.0222. The third-order valence-electron chi connectivity index (χ3n) is 21.4. The first-order valence-electron chi connectivity index (χ1n) is 46.2. The number of phosphoric acid groups is 2. The monoisotopic (exact) mass is 1580 g/mol. The van der Waals surface area contributed by atoms with Crippen molar-refractivity contribution in [2.45, 2.75) is 502 Å². The van der Waals surface area contributed by atoms with Crippen LogP contribution in [0.15, 0.2) is 0 Å². The smallest absolute Gasteiger partial charge is 0.462 e. The van der Waals surface area contributed by atoms with Crippen molar-refractivity contribution in [2.75, 3.05) is 39.6 Å². The molecule has 0 spiro atoms. The van der Waals surface area contributed by atoms with Crippen molar-refractivity contribution in [2.24, 2.45) is 5.92 Å². The predicted molar refractivity (Wildman–Crippen MR) is 446 cm³/mol. The van der Waals surface area contributed by atoms with Crippen molar-refractivity contribution in [3.8, 4) is 0 Å². The van der Waals surface area contributed by atoms with Gasteiger partial charge in [-0.25, -0.2) is 9.13 Å². The lowest BCUT2D eigenvalue weighted by molar-refractivity contribution is -0.161. The highest BCUT2D eigenvalue weighted by Gasteiger charge is 2.31. The highest BCUT2D eigenvalue weighted by atomic mass is 31.2. The second-order valence-corrected chi connectivity index (χ2v) is 35.1. The van der Waals surface area contributed by atoms with Crippen molar-refractivity contribution in [1.29, 1.82) is 0 Å². The van der Waals surface area contributed by atoms with E-state index in [2.05, 4.69) is 34.6 Å². The molecule has 0 aromatic heterocycles. The molecule has 3 N–H and O–H groups in total. The fraction of sp³-hybridized carbons (Fsp3) is 0.955. The Bertz CT molecular complexity index is 2050. The number of phosphoric ester groups is 2. The van der Waals surface area contributed by atoms with E-state index in [4.69, 9.17) is 37.0 Å². The molecule has 0 aliphatic carbocycles. The Morgan fingerprint density at radius 1 is 0.259 bits per heavy atom. The molecule has 17 nitrogen and oxygen atoms in total. The van der Waals surface area contributed by atoms with Gasteiger partial charge in [-0.1, -0.05) is 433 Å². The average Bonchev–Trinajstić information content (AvgIpc) is 0.900. The number of aliphatic hydroxyl groups is 1. The van der Waals surface area contributed by atoms with Crippen LogP contribution in [0, 0.1) is 5.92 Å². The van der Waals surface area contributed by atoms with Gasteiger partial charge in [-0.15, -0.1) is 0 Å². The summed E-state index contributed by atoms with van der Waals surface area (Å²) in [6.07, 6.45) is 76.3. The summed E-state index contributed by atoms with van der Waals surface area (Å²) in [4.78, 5) is 73.3. The third-order valence-corrected chi connectivity index (χ3v) is 23.3. The Morgan fingerprint density at radius 3 is 0.657 bits per heavy atom. The minimum Gasteiger partial charge on any atom is -0.462 e. The van der Waals surface area contributed by atoms with E-state index < -0.39 is 97.5 Å². The zero-order valence-electron chi connectivity index (χ0n) is 71.0. The van der Waals surface area contributed by atoms with Crippen LogP contribution in [0.2, 0.25) is 0 Å². The van der Waals surface area contributed by atoms with Crippen LogP contribution in [-0.4, -0.2) is 96.7 Å². The molecule has 0 aliphatic heterocycles. The Morgan fingerprint density at radius 2 is 0.444 bits per heavy atom. The number of hydrogen-bond donors (Lipinski definition) is 3. The van der Waals surface area contributed by atoms with Gasteiger partial charge in [-0.3, -0.25) is 37.3 Å². The first-order chi connectivity index (χ1) is 52.6. The molecule has 0 aromatic carbocycles. The summed E-state index contributed by atoms with van der Waals surface area (Å²) in [6, 6.07) is 0.